The van der Waals surface area contributed by atoms with Gasteiger partial charge in [-0.2, -0.15) is 0 Å². The number of halogens is 1. The minimum Gasteiger partial charge on any atom is -0.355 e. The van der Waals surface area contributed by atoms with Gasteiger partial charge in [-0.1, -0.05) is 33.2 Å². The van der Waals surface area contributed by atoms with Crippen molar-refractivity contribution in [1.29, 1.82) is 0 Å². The van der Waals surface area contributed by atoms with E-state index in [0.717, 1.165) is 26.9 Å². The number of rotatable bonds is 3. The highest BCUT2D eigenvalue weighted by atomic mass is 79.9. The molecule has 0 radical (unpaired) electrons. The molecule has 0 aliphatic carbocycles. The van der Waals surface area contributed by atoms with Crippen LogP contribution in [0.15, 0.2) is 62.4 Å². The van der Waals surface area contributed by atoms with Crippen LogP contribution in [0.2, 0.25) is 0 Å². The maximum absolute atomic E-state index is 11.4. The summed E-state index contributed by atoms with van der Waals surface area (Å²) in [7, 11) is -3.71. The summed E-state index contributed by atoms with van der Waals surface area (Å²) in [5.74, 6) is 0.637. The van der Waals surface area contributed by atoms with E-state index in [-0.39, 0.29) is 4.90 Å². The predicted molar refractivity (Wildman–Crippen MR) is 91.2 cm³/mol. The Balaban J connectivity index is 2.10. The zero-order valence-corrected chi connectivity index (χ0v) is 14.6. The van der Waals surface area contributed by atoms with E-state index in [1.165, 1.54) is 12.1 Å². The number of nitrogens with two attached hydrogens (primary N) is 1. The second kappa shape index (κ2) is 5.92. The molecule has 23 heavy (non-hydrogen) atoms. The Kier molecular flexibility index (Phi) is 4.09. The van der Waals surface area contributed by atoms with Crippen molar-refractivity contribution in [3.05, 3.63) is 58.7 Å². The van der Waals surface area contributed by atoms with Crippen molar-refractivity contribution in [3.8, 4) is 22.5 Å². The summed E-state index contributed by atoms with van der Waals surface area (Å²) in [5, 5.41) is 9.16. The number of nitrogens with zero attached hydrogens (tertiary/aromatic N) is 1. The Morgan fingerprint density at radius 1 is 1.00 bits per heavy atom. The Hall–Kier alpha value is -1.96. The molecule has 0 spiro atoms. The lowest BCUT2D eigenvalue weighted by atomic mass is 10.00. The first-order valence-electron chi connectivity index (χ1n) is 6.72. The first-order chi connectivity index (χ1) is 10.9. The van der Waals surface area contributed by atoms with Crippen molar-refractivity contribution >= 4 is 26.0 Å². The maximum atomic E-state index is 11.4. The molecule has 3 rings (SSSR count). The highest BCUT2D eigenvalue weighted by Gasteiger charge is 2.17. The van der Waals surface area contributed by atoms with Crippen molar-refractivity contribution in [2.24, 2.45) is 5.14 Å². The number of sulfonamides is 1. The summed E-state index contributed by atoms with van der Waals surface area (Å²) < 4.78 is 29.2. The van der Waals surface area contributed by atoms with Gasteiger partial charge in [-0.25, -0.2) is 13.6 Å². The normalized spacial score (nSPS) is 11.6. The molecule has 1 aromatic heterocycles. The quantitative estimate of drug-likeness (QED) is 0.735. The lowest BCUT2D eigenvalue weighted by molar-refractivity contribution is 0.427. The summed E-state index contributed by atoms with van der Waals surface area (Å²) in [6.07, 6.45) is 0. The molecular weight excluding hydrogens is 380 g/mol. The van der Waals surface area contributed by atoms with E-state index < -0.39 is 10.0 Å². The van der Waals surface area contributed by atoms with Crippen LogP contribution >= 0.6 is 15.9 Å². The van der Waals surface area contributed by atoms with Gasteiger partial charge in [0, 0.05) is 10.0 Å². The molecule has 0 bridgehead atoms. The molecule has 3 aromatic rings. The third kappa shape index (κ3) is 3.21. The van der Waals surface area contributed by atoms with E-state index in [0.29, 0.717) is 5.76 Å². The van der Waals surface area contributed by atoms with Gasteiger partial charge in [0.2, 0.25) is 10.0 Å². The smallest absolute Gasteiger partial charge is 0.238 e. The molecule has 7 heteroatoms. The second-order valence-electron chi connectivity index (χ2n) is 5.05. The molecule has 118 valence electrons. The monoisotopic (exact) mass is 392 g/mol. The summed E-state index contributed by atoms with van der Waals surface area (Å²) in [6.45, 7) is 1.84. The number of aromatic nitrogens is 1. The van der Waals surface area contributed by atoms with Crippen LogP contribution in [-0.2, 0) is 10.0 Å². The van der Waals surface area contributed by atoms with Crippen LogP contribution in [-0.4, -0.2) is 13.6 Å². The van der Waals surface area contributed by atoms with E-state index in [2.05, 4.69) is 21.1 Å². The fraction of sp³-hybridized carbons (Fsp3) is 0.0625. The molecule has 2 N–H and O–H groups in total. The molecule has 0 saturated carbocycles. The van der Waals surface area contributed by atoms with E-state index >= 15 is 0 Å². The van der Waals surface area contributed by atoms with Crippen molar-refractivity contribution in [3.63, 3.8) is 0 Å². The first kappa shape index (κ1) is 15.9. The van der Waals surface area contributed by atoms with Gasteiger partial charge in [0.05, 0.1) is 16.2 Å². The molecule has 5 nitrogen and oxygen atoms in total. The molecule has 0 amide bonds. The van der Waals surface area contributed by atoms with E-state index in [1.54, 1.807) is 12.1 Å². The van der Waals surface area contributed by atoms with E-state index in [1.807, 2.05) is 31.2 Å². The topological polar surface area (TPSA) is 86.2 Å². The Labute approximate surface area is 142 Å². The Morgan fingerprint density at radius 3 is 2.13 bits per heavy atom. The predicted octanol–water partition coefficient (Wildman–Crippen LogP) is 3.73. The largest absolute Gasteiger partial charge is 0.355 e. The van der Waals surface area contributed by atoms with E-state index in [4.69, 9.17) is 9.66 Å². The van der Waals surface area contributed by atoms with Crippen molar-refractivity contribution < 1.29 is 12.9 Å². The maximum Gasteiger partial charge on any atom is 0.238 e. The van der Waals surface area contributed by atoms with Gasteiger partial charge in [0.1, 0.15) is 0 Å². The average Bonchev–Trinajstić information content (AvgIpc) is 2.89. The third-order valence-electron chi connectivity index (χ3n) is 3.44. The SMILES string of the molecule is Cc1noc(-c2ccc(Br)cc2)c1-c1ccc(S(N)(=O)=O)cc1. The number of aryl methyl sites for hydroxylation is 1. The van der Waals surface area contributed by atoms with Gasteiger partial charge in [-0.05, 0) is 48.9 Å². The van der Waals surface area contributed by atoms with Crippen molar-refractivity contribution in [2.75, 3.05) is 0 Å². The molecule has 0 aliphatic rings. The summed E-state index contributed by atoms with van der Waals surface area (Å²) in [6, 6.07) is 14.0. The molecular formula is C16H13BrN2O3S. The number of hydrogen-bond donors (Lipinski definition) is 1. The molecule has 0 saturated heterocycles. The average molecular weight is 393 g/mol. The highest BCUT2D eigenvalue weighted by Crippen LogP contribution is 2.35. The van der Waals surface area contributed by atoms with E-state index in [9.17, 15) is 8.42 Å². The molecule has 0 atom stereocenters. The van der Waals surface area contributed by atoms with Gasteiger partial charge in [-0.15, -0.1) is 0 Å². The molecule has 0 fully saturated rings. The number of hydrogen-bond acceptors (Lipinski definition) is 4. The van der Waals surface area contributed by atoms with Crippen LogP contribution < -0.4 is 5.14 Å². The summed E-state index contributed by atoms with van der Waals surface area (Å²) in [5.41, 5.74) is 3.26. The van der Waals surface area contributed by atoms with Crippen LogP contribution in [0.3, 0.4) is 0 Å². The highest BCUT2D eigenvalue weighted by molar-refractivity contribution is 9.10. The lowest BCUT2D eigenvalue weighted by Crippen LogP contribution is -2.11. The van der Waals surface area contributed by atoms with Crippen LogP contribution in [0.25, 0.3) is 22.5 Å². The number of primary sulfonamides is 1. The third-order valence-corrected chi connectivity index (χ3v) is 4.90. The Morgan fingerprint density at radius 2 is 1.57 bits per heavy atom. The second-order valence-corrected chi connectivity index (χ2v) is 7.53. The standard InChI is InChI=1S/C16H13BrN2O3S/c1-10-15(11-4-8-14(9-5-11)23(18,20)21)16(22-19-10)12-2-6-13(17)7-3-12/h2-9H,1H3,(H2,18,20,21). The molecule has 0 unspecified atom stereocenters. The lowest BCUT2D eigenvalue weighted by Gasteiger charge is -2.05. The summed E-state index contributed by atoms with van der Waals surface area (Å²) in [4.78, 5) is 0.0700. The van der Waals surface area contributed by atoms with Gasteiger partial charge in [0.15, 0.2) is 5.76 Å². The summed E-state index contributed by atoms with van der Waals surface area (Å²) >= 11 is 3.40. The van der Waals surface area contributed by atoms with Gasteiger partial charge in [0.25, 0.3) is 0 Å². The van der Waals surface area contributed by atoms with Crippen molar-refractivity contribution in [2.45, 2.75) is 11.8 Å². The Bertz CT molecular complexity index is 946. The minimum atomic E-state index is -3.71. The fourth-order valence-corrected chi connectivity index (χ4v) is 3.10. The van der Waals surface area contributed by atoms with Gasteiger partial charge in [-0.3, -0.25) is 0 Å². The minimum absolute atomic E-state index is 0.0700. The van der Waals surface area contributed by atoms with Crippen LogP contribution in [0, 0.1) is 6.92 Å². The number of benzene rings is 2. The molecule has 2 aromatic carbocycles. The zero-order valence-electron chi connectivity index (χ0n) is 12.2. The van der Waals surface area contributed by atoms with Crippen LogP contribution in [0.4, 0.5) is 0 Å². The van der Waals surface area contributed by atoms with Crippen molar-refractivity contribution in [1.82, 2.24) is 5.16 Å². The molecule has 1 heterocycles. The zero-order chi connectivity index (χ0) is 16.6. The fourth-order valence-electron chi connectivity index (χ4n) is 2.32. The van der Waals surface area contributed by atoms with Crippen LogP contribution in [0.5, 0.6) is 0 Å². The molecule has 0 aliphatic heterocycles. The van der Waals surface area contributed by atoms with Gasteiger partial charge >= 0.3 is 0 Å². The van der Waals surface area contributed by atoms with Crippen LogP contribution in [0.1, 0.15) is 5.69 Å². The van der Waals surface area contributed by atoms with Gasteiger partial charge < -0.3 is 4.52 Å². The first-order valence-corrected chi connectivity index (χ1v) is 9.05.